The molecule has 1 aliphatic heterocycles. The molecule has 19 heavy (non-hydrogen) atoms. The van der Waals surface area contributed by atoms with E-state index in [-0.39, 0.29) is 0 Å². The van der Waals surface area contributed by atoms with Crippen LogP contribution in [0.5, 0.6) is 0 Å². The van der Waals surface area contributed by atoms with E-state index < -0.39 is 0 Å². The zero-order valence-electron chi connectivity index (χ0n) is 12.7. The first-order chi connectivity index (χ1) is 9.29. The van der Waals surface area contributed by atoms with Crippen LogP contribution >= 0.6 is 0 Å². The maximum absolute atomic E-state index is 3.90. The van der Waals surface area contributed by atoms with Crippen molar-refractivity contribution in [3.8, 4) is 0 Å². The highest BCUT2D eigenvalue weighted by molar-refractivity contribution is 4.86. The zero-order chi connectivity index (χ0) is 13.1. The molecule has 2 saturated carbocycles. The molecule has 0 spiro atoms. The van der Waals surface area contributed by atoms with Crippen LogP contribution in [0.2, 0.25) is 0 Å². The van der Waals surface area contributed by atoms with Crippen molar-refractivity contribution < 1.29 is 0 Å². The summed E-state index contributed by atoms with van der Waals surface area (Å²) in [5.41, 5.74) is 0. The molecule has 1 heterocycles. The van der Waals surface area contributed by atoms with Crippen LogP contribution in [0.25, 0.3) is 0 Å². The molecule has 0 aromatic carbocycles. The summed E-state index contributed by atoms with van der Waals surface area (Å²) < 4.78 is 0. The first kappa shape index (κ1) is 13.9. The molecule has 110 valence electrons. The Morgan fingerprint density at radius 2 is 1.74 bits per heavy atom. The van der Waals surface area contributed by atoms with Gasteiger partial charge in [-0.15, -0.1) is 0 Å². The third kappa shape index (κ3) is 4.46. The second-order valence-electron chi connectivity index (χ2n) is 7.61. The highest BCUT2D eigenvalue weighted by Gasteiger charge is 2.30. The number of hydrogen-bond acceptors (Lipinski definition) is 2. The summed E-state index contributed by atoms with van der Waals surface area (Å²) in [5, 5.41) is 3.90. The lowest BCUT2D eigenvalue weighted by Gasteiger charge is -2.38. The minimum absolute atomic E-state index is 0.768. The van der Waals surface area contributed by atoms with Crippen molar-refractivity contribution in [2.75, 3.05) is 26.2 Å². The molecule has 0 radical (unpaired) electrons. The van der Waals surface area contributed by atoms with Crippen LogP contribution in [0.1, 0.15) is 58.3 Å². The summed E-state index contributed by atoms with van der Waals surface area (Å²) >= 11 is 0. The van der Waals surface area contributed by atoms with Crippen LogP contribution in [0.4, 0.5) is 0 Å². The molecule has 3 aliphatic rings. The fourth-order valence-electron chi connectivity index (χ4n) is 4.15. The zero-order valence-corrected chi connectivity index (χ0v) is 12.7. The molecule has 0 amide bonds. The van der Waals surface area contributed by atoms with Gasteiger partial charge in [-0.3, -0.25) is 0 Å². The van der Waals surface area contributed by atoms with Crippen molar-refractivity contribution in [3.05, 3.63) is 0 Å². The Labute approximate surface area is 119 Å². The average molecular weight is 264 g/mol. The van der Waals surface area contributed by atoms with Gasteiger partial charge in [0, 0.05) is 25.7 Å². The lowest BCUT2D eigenvalue weighted by Crippen LogP contribution is -2.50. The lowest BCUT2D eigenvalue weighted by molar-refractivity contribution is 0.139. The Hall–Kier alpha value is -0.0800. The first-order valence-corrected chi connectivity index (χ1v) is 8.75. The van der Waals surface area contributed by atoms with Crippen LogP contribution in [-0.2, 0) is 0 Å². The number of rotatable bonds is 5. The molecule has 3 fully saturated rings. The van der Waals surface area contributed by atoms with Gasteiger partial charge in [0.2, 0.25) is 0 Å². The molecule has 0 aromatic rings. The molecular formula is C17H32N2. The third-order valence-electron chi connectivity index (χ3n) is 5.37. The van der Waals surface area contributed by atoms with Gasteiger partial charge in [-0.05, 0) is 56.4 Å². The van der Waals surface area contributed by atoms with E-state index in [1.54, 1.807) is 0 Å². The van der Waals surface area contributed by atoms with Crippen molar-refractivity contribution in [1.82, 2.24) is 10.2 Å². The van der Waals surface area contributed by atoms with Crippen molar-refractivity contribution in [1.29, 1.82) is 0 Å². The van der Waals surface area contributed by atoms with E-state index in [0.717, 1.165) is 23.8 Å². The van der Waals surface area contributed by atoms with Crippen LogP contribution in [0.3, 0.4) is 0 Å². The van der Waals surface area contributed by atoms with Crippen LogP contribution in [0, 0.1) is 17.8 Å². The minimum atomic E-state index is 0.768. The van der Waals surface area contributed by atoms with Gasteiger partial charge in [-0.1, -0.05) is 26.2 Å². The fourth-order valence-corrected chi connectivity index (χ4v) is 4.15. The lowest BCUT2D eigenvalue weighted by atomic mass is 9.88. The minimum Gasteiger partial charge on any atom is -0.312 e. The molecule has 0 bridgehead atoms. The Morgan fingerprint density at radius 3 is 2.47 bits per heavy atom. The molecule has 2 heteroatoms. The van der Waals surface area contributed by atoms with Crippen molar-refractivity contribution in [2.45, 2.75) is 64.3 Å². The third-order valence-corrected chi connectivity index (χ3v) is 5.37. The maximum atomic E-state index is 3.90. The van der Waals surface area contributed by atoms with E-state index in [2.05, 4.69) is 17.1 Å². The van der Waals surface area contributed by atoms with Gasteiger partial charge >= 0.3 is 0 Å². The van der Waals surface area contributed by atoms with Crippen LogP contribution < -0.4 is 5.32 Å². The normalized spacial score (nSPS) is 34.6. The second kappa shape index (κ2) is 6.58. The van der Waals surface area contributed by atoms with E-state index >= 15 is 0 Å². The quantitative estimate of drug-likeness (QED) is 0.820. The monoisotopic (exact) mass is 264 g/mol. The molecule has 2 unspecified atom stereocenters. The number of piperidine rings is 1. The number of likely N-dealkylation sites (tertiary alicyclic amines) is 1. The predicted molar refractivity (Wildman–Crippen MR) is 81.3 cm³/mol. The number of nitrogens with zero attached hydrogens (tertiary/aromatic N) is 1. The molecular weight excluding hydrogens is 232 g/mol. The first-order valence-electron chi connectivity index (χ1n) is 8.75. The average Bonchev–Trinajstić information content (AvgIpc) is 3.21. The fraction of sp³-hybridized carbons (Fsp3) is 1.00. The highest BCUT2D eigenvalue weighted by atomic mass is 15.2. The summed E-state index contributed by atoms with van der Waals surface area (Å²) in [6, 6.07) is 0.768. The van der Waals surface area contributed by atoms with E-state index in [1.807, 2.05) is 0 Å². The van der Waals surface area contributed by atoms with Gasteiger partial charge in [0.25, 0.3) is 0 Å². The summed E-state index contributed by atoms with van der Waals surface area (Å²) in [5.74, 6) is 2.91. The van der Waals surface area contributed by atoms with Crippen molar-refractivity contribution in [3.63, 3.8) is 0 Å². The number of nitrogens with one attached hydrogen (secondary N) is 1. The van der Waals surface area contributed by atoms with Gasteiger partial charge in [0.15, 0.2) is 0 Å². The largest absolute Gasteiger partial charge is 0.312 e. The van der Waals surface area contributed by atoms with E-state index in [9.17, 15) is 0 Å². The van der Waals surface area contributed by atoms with E-state index in [1.165, 1.54) is 77.5 Å². The van der Waals surface area contributed by atoms with Crippen molar-refractivity contribution >= 4 is 0 Å². The molecule has 2 nitrogen and oxygen atoms in total. The standard InChI is InChI=1S/C17H32N2/c1-14-9-17(13-19(11-14)12-16-7-8-16)18-10-15-5-3-2-4-6-15/h14-18H,2-13H2,1H3. The summed E-state index contributed by atoms with van der Waals surface area (Å²) in [6.07, 6.45) is 11.8. The van der Waals surface area contributed by atoms with Crippen LogP contribution in [-0.4, -0.2) is 37.1 Å². The Balaban J connectivity index is 1.40. The predicted octanol–water partition coefficient (Wildman–Crippen LogP) is 3.28. The smallest absolute Gasteiger partial charge is 0.0198 e. The van der Waals surface area contributed by atoms with Crippen molar-refractivity contribution in [2.24, 2.45) is 17.8 Å². The molecule has 1 saturated heterocycles. The number of hydrogen-bond donors (Lipinski definition) is 1. The highest BCUT2D eigenvalue weighted by Crippen LogP contribution is 2.31. The molecule has 0 aromatic heterocycles. The maximum Gasteiger partial charge on any atom is 0.0198 e. The molecule has 2 aliphatic carbocycles. The Bertz CT molecular complexity index is 266. The van der Waals surface area contributed by atoms with Crippen LogP contribution in [0.15, 0.2) is 0 Å². The Kier molecular flexibility index (Phi) is 4.81. The van der Waals surface area contributed by atoms with Gasteiger partial charge < -0.3 is 10.2 Å². The Morgan fingerprint density at radius 1 is 0.947 bits per heavy atom. The second-order valence-corrected chi connectivity index (χ2v) is 7.61. The molecule has 1 N–H and O–H groups in total. The van der Waals surface area contributed by atoms with Gasteiger partial charge in [-0.2, -0.15) is 0 Å². The van der Waals surface area contributed by atoms with E-state index in [0.29, 0.717) is 0 Å². The van der Waals surface area contributed by atoms with Gasteiger partial charge in [0.1, 0.15) is 0 Å². The van der Waals surface area contributed by atoms with E-state index in [4.69, 9.17) is 0 Å². The summed E-state index contributed by atoms with van der Waals surface area (Å²) in [4.78, 5) is 2.74. The summed E-state index contributed by atoms with van der Waals surface area (Å²) in [6.45, 7) is 7.76. The van der Waals surface area contributed by atoms with Gasteiger partial charge in [-0.25, -0.2) is 0 Å². The summed E-state index contributed by atoms with van der Waals surface area (Å²) in [7, 11) is 0. The topological polar surface area (TPSA) is 15.3 Å². The molecule has 3 rings (SSSR count). The van der Waals surface area contributed by atoms with Gasteiger partial charge in [0.05, 0.1) is 0 Å². The SMILES string of the molecule is CC1CC(NCC2CCCCC2)CN(CC2CC2)C1. The molecule has 2 atom stereocenters.